The normalized spacial score (nSPS) is 25.9. The second-order valence-corrected chi connectivity index (χ2v) is 4.89. The van der Waals surface area contributed by atoms with Gasteiger partial charge in [0.25, 0.3) is 0 Å². The highest BCUT2D eigenvalue weighted by Gasteiger charge is 2.24. The molecule has 4 heteroatoms. The Morgan fingerprint density at radius 1 is 1.44 bits per heavy atom. The molecule has 2 heterocycles. The maximum Gasteiger partial charge on any atom is 0.150 e. The number of hydrogen-bond donors (Lipinski definition) is 1. The molecule has 2 atom stereocenters. The highest BCUT2D eigenvalue weighted by Crippen LogP contribution is 2.26. The van der Waals surface area contributed by atoms with Crippen molar-refractivity contribution in [1.82, 2.24) is 20.1 Å². The summed E-state index contributed by atoms with van der Waals surface area (Å²) in [6.45, 7) is 8.68. The minimum absolute atomic E-state index is 0.400. The predicted octanol–water partition coefficient (Wildman–Crippen LogP) is 2.06. The van der Waals surface area contributed by atoms with Gasteiger partial charge in [-0.3, -0.25) is 0 Å². The van der Waals surface area contributed by atoms with Crippen molar-refractivity contribution in [3.63, 3.8) is 0 Å². The Bertz CT molecular complexity index is 345. The van der Waals surface area contributed by atoms with E-state index >= 15 is 0 Å². The molecule has 2 rings (SSSR count). The first-order valence-corrected chi connectivity index (χ1v) is 6.35. The van der Waals surface area contributed by atoms with Crippen molar-refractivity contribution >= 4 is 0 Å². The van der Waals surface area contributed by atoms with E-state index in [1.165, 1.54) is 12.8 Å². The predicted molar refractivity (Wildman–Crippen MR) is 64.2 cm³/mol. The van der Waals surface area contributed by atoms with Gasteiger partial charge in [-0.1, -0.05) is 13.8 Å². The third kappa shape index (κ3) is 2.26. The van der Waals surface area contributed by atoms with Gasteiger partial charge in [0.1, 0.15) is 11.6 Å². The molecule has 4 nitrogen and oxygen atoms in total. The zero-order valence-electron chi connectivity index (χ0n) is 10.5. The van der Waals surface area contributed by atoms with Crippen LogP contribution in [0.15, 0.2) is 0 Å². The van der Waals surface area contributed by atoms with Gasteiger partial charge in [-0.2, -0.15) is 0 Å². The number of hydrogen-bond acceptors (Lipinski definition) is 3. The number of rotatable bonds is 3. The lowest BCUT2D eigenvalue weighted by Crippen LogP contribution is -2.32. The van der Waals surface area contributed by atoms with Gasteiger partial charge in [-0.25, -0.2) is 0 Å². The van der Waals surface area contributed by atoms with Crippen LogP contribution in [0.1, 0.15) is 50.8 Å². The summed E-state index contributed by atoms with van der Waals surface area (Å²) in [5.41, 5.74) is 0. The van der Waals surface area contributed by atoms with Gasteiger partial charge in [0.05, 0.1) is 6.04 Å². The average Bonchev–Trinajstić information content (AvgIpc) is 2.61. The van der Waals surface area contributed by atoms with Crippen molar-refractivity contribution in [3.05, 3.63) is 11.6 Å². The summed E-state index contributed by atoms with van der Waals surface area (Å²) in [6.07, 6.45) is 3.59. The van der Waals surface area contributed by atoms with E-state index in [1.54, 1.807) is 0 Å². The Balaban J connectivity index is 2.18. The van der Waals surface area contributed by atoms with Crippen LogP contribution in [0.3, 0.4) is 0 Å². The van der Waals surface area contributed by atoms with Crippen LogP contribution in [0.5, 0.6) is 0 Å². The molecule has 16 heavy (non-hydrogen) atoms. The van der Waals surface area contributed by atoms with Crippen LogP contribution in [0.25, 0.3) is 0 Å². The second-order valence-electron chi connectivity index (χ2n) is 4.89. The number of aromatic nitrogens is 3. The monoisotopic (exact) mass is 222 g/mol. The molecule has 1 N–H and O–H groups in total. The summed E-state index contributed by atoms with van der Waals surface area (Å²) in [5, 5.41) is 12.1. The van der Waals surface area contributed by atoms with Gasteiger partial charge in [-0.15, -0.1) is 10.2 Å². The zero-order chi connectivity index (χ0) is 11.5. The van der Waals surface area contributed by atoms with Gasteiger partial charge in [-0.05, 0) is 38.6 Å². The first-order valence-electron chi connectivity index (χ1n) is 6.35. The van der Waals surface area contributed by atoms with E-state index in [0.29, 0.717) is 6.04 Å². The SMILES string of the molecule is CCCn1c(C)nnc1C1CC(C)CCN1. The molecule has 1 fully saturated rings. The highest BCUT2D eigenvalue weighted by atomic mass is 15.3. The lowest BCUT2D eigenvalue weighted by atomic mass is 9.94. The topological polar surface area (TPSA) is 42.7 Å². The number of nitrogens with one attached hydrogen (secondary N) is 1. The van der Waals surface area contributed by atoms with Gasteiger partial charge >= 0.3 is 0 Å². The zero-order valence-corrected chi connectivity index (χ0v) is 10.5. The summed E-state index contributed by atoms with van der Waals surface area (Å²) < 4.78 is 2.26. The summed E-state index contributed by atoms with van der Waals surface area (Å²) in [7, 11) is 0. The maximum atomic E-state index is 4.34. The minimum atomic E-state index is 0.400. The van der Waals surface area contributed by atoms with Crippen LogP contribution in [0.4, 0.5) is 0 Å². The van der Waals surface area contributed by atoms with E-state index in [2.05, 4.69) is 33.9 Å². The molecule has 1 aliphatic heterocycles. The van der Waals surface area contributed by atoms with Crippen molar-refractivity contribution in [2.45, 2.75) is 52.6 Å². The Hall–Kier alpha value is -0.900. The molecule has 1 aromatic rings. The van der Waals surface area contributed by atoms with Crippen molar-refractivity contribution in [2.75, 3.05) is 6.54 Å². The molecular weight excluding hydrogens is 200 g/mol. The fourth-order valence-electron chi connectivity index (χ4n) is 2.46. The Morgan fingerprint density at radius 3 is 2.94 bits per heavy atom. The average molecular weight is 222 g/mol. The summed E-state index contributed by atoms with van der Waals surface area (Å²) in [4.78, 5) is 0. The Morgan fingerprint density at radius 2 is 2.25 bits per heavy atom. The van der Waals surface area contributed by atoms with E-state index in [9.17, 15) is 0 Å². The van der Waals surface area contributed by atoms with Crippen LogP contribution in [0.2, 0.25) is 0 Å². The summed E-state index contributed by atoms with van der Waals surface area (Å²) >= 11 is 0. The van der Waals surface area contributed by atoms with Crippen LogP contribution < -0.4 is 5.32 Å². The lowest BCUT2D eigenvalue weighted by Gasteiger charge is -2.27. The van der Waals surface area contributed by atoms with Gasteiger partial charge < -0.3 is 9.88 Å². The number of piperidine rings is 1. The molecule has 1 saturated heterocycles. The Kier molecular flexibility index (Phi) is 3.59. The molecule has 1 aliphatic rings. The third-order valence-corrected chi connectivity index (χ3v) is 3.39. The minimum Gasteiger partial charge on any atom is -0.314 e. The van der Waals surface area contributed by atoms with Crippen molar-refractivity contribution in [3.8, 4) is 0 Å². The summed E-state index contributed by atoms with van der Waals surface area (Å²) in [5.74, 6) is 2.96. The lowest BCUT2D eigenvalue weighted by molar-refractivity contribution is 0.308. The van der Waals surface area contributed by atoms with E-state index in [1.807, 2.05) is 6.92 Å². The molecule has 0 saturated carbocycles. The van der Waals surface area contributed by atoms with Crippen LogP contribution in [-0.2, 0) is 6.54 Å². The molecular formula is C12H22N4. The molecule has 0 aromatic carbocycles. The van der Waals surface area contributed by atoms with Crippen LogP contribution in [0, 0.1) is 12.8 Å². The first kappa shape index (κ1) is 11.6. The van der Waals surface area contributed by atoms with E-state index in [-0.39, 0.29) is 0 Å². The van der Waals surface area contributed by atoms with Crippen molar-refractivity contribution < 1.29 is 0 Å². The molecule has 90 valence electrons. The standard InChI is InChI=1S/C12H22N4/c1-4-7-16-10(3)14-15-12(16)11-8-9(2)5-6-13-11/h9,11,13H,4-8H2,1-3H3. The largest absolute Gasteiger partial charge is 0.314 e. The van der Waals surface area contributed by atoms with Crippen molar-refractivity contribution in [2.24, 2.45) is 5.92 Å². The molecule has 0 bridgehead atoms. The summed E-state index contributed by atoms with van der Waals surface area (Å²) in [6, 6.07) is 0.400. The van der Waals surface area contributed by atoms with Gasteiger partial charge in [0.15, 0.2) is 0 Å². The van der Waals surface area contributed by atoms with E-state index in [4.69, 9.17) is 0 Å². The third-order valence-electron chi connectivity index (χ3n) is 3.39. The van der Waals surface area contributed by atoms with E-state index in [0.717, 1.165) is 37.1 Å². The smallest absolute Gasteiger partial charge is 0.150 e. The van der Waals surface area contributed by atoms with Crippen LogP contribution in [-0.4, -0.2) is 21.3 Å². The van der Waals surface area contributed by atoms with Gasteiger partial charge in [0.2, 0.25) is 0 Å². The number of aryl methyl sites for hydroxylation is 1. The fourth-order valence-corrected chi connectivity index (χ4v) is 2.46. The molecule has 0 spiro atoms. The number of nitrogens with zero attached hydrogens (tertiary/aromatic N) is 3. The fraction of sp³-hybridized carbons (Fsp3) is 0.833. The van der Waals surface area contributed by atoms with Gasteiger partial charge in [0, 0.05) is 6.54 Å². The van der Waals surface area contributed by atoms with Crippen LogP contribution >= 0.6 is 0 Å². The molecule has 0 radical (unpaired) electrons. The quantitative estimate of drug-likeness (QED) is 0.851. The molecule has 0 aliphatic carbocycles. The molecule has 2 unspecified atom stereocenters. The second kappa shape index (κ2) is 4.95. The van der Waals surface area contributed by atoms with Crippen molar-refractivity contribution in [1.29, 1.82) is 0 Å². The Labute approximate surface area is 97.5 Å². The molecule has 1 aromatic heterocycles. The van der Waals surface area contributed by atoms with E-state index < -0.39 is 0 Å². The molecule has 0 amide bonds. The first-order chi connectivity index (χ1) is 7.72. The maximum absolute atomic E-state index is 4.34. The highest BCUT2D eigenvalue weighted by molar-refractivity contribution is 5.02.